The Morgan fingerprint density at radius 3 is 2.22 bits per heavy atom. The van der Waals surface area contributed by atoms with Crippen LogP contribution in [-0.4, -0.2) is 50.5 Å². The average Bonchev–Trinajstić information content (AvgIpc) is 2.75. The van der Waals surface area contributed by atoms with Gasteiger partial charge in [0.1, 0.15) is 18.4 Å². The molecule has 0 aliphatic carbocycles. The Kier molecular flexibility index (Phi) is 8.77. The molecule has 2 aromatic rings. The van der Waals surface area contributed by atoms with Crippen molar-refractivity contribution in [3.05, 3.63) is 65.5 Å². The summed E-state index contributed by atoms with van der Waals surface area (Å²) in [6.45, 7) is 4.95. The van der Waals surface area contributed by atoms with Crippen molar-refractivity contribution in [2.75, 3.05) is 23.7 Å². The molecule has 7 nitrogen and oxygen atoms in total. The van der Waals surface area contributed by atoms with Crippen LogP contribution in [0.2, 0.25) is 0 Å². The lowest BCUT2D eigenvalue weighted by molar-refractivity contribution is -0.139. The smallest absolute Gasteiger partial charge is 0.244 e. The van der Waals surface area contributed by atoms with E-state index in [1.807, 2.05) is 6.92 Å². The number of amides is 2. The first-order valence-electron chi connectivity index (χ1n) is 10.5. The first-order valence-corrected chi connectivity index (χ1v) is 12.3. The third-order valence-corrected chi connectivity index (χ3v) is 6.27. The molecule has 1 unspecified atom stereocenters. The van der Waals surface area contributed by atoms with Crippen LogP contribution in [-0.2, 0) is 32.6 Å². The molecule has 2 amide bonds. The summed E-state index contributed by atoms with van der Waals surface area (Å²) in [7, 11) is -3.79. The molecule has 0 fully saturated rings. The summed E-state index contributed by atoms with van der Waals surface area (Å²) in [5.74, 6) is -1.53. The van der Waals surface area contributed by atoms with Crippen LogP contribution in [0.3, 0.4) is 0 Å². The Hall–Kier alpha value is -2.94. The Balaban J connectivity index is 2.38. The largest absolute Gasteiger partial charge is 0.355 e. The molecule has 0 radical (unpaired) electrons. The molecule has 9 heteroatoms. The van der Waals surface area contributed by atoms with Crippen molar-refractivity contribution >= 4 is 27.5 Å². The summed E-state index contributed by atoms with van der Waals surface area (Å²) in [4.78, 5) is 26.9. The topological polar surface area (TPSA) is 86.8 Å². The number of likely N-dealkylation sites (N-methyl/N-ethyl adjacent to an activating group) is 1. The van der Waals surface area contributed by atoms with Crippen LogP contribution >= 0.6 is 0 Å². The third-order valence-electron chi connectivity index (χ3n) is 5.13. The van der Waals surface area contributed by atoms with Gasteiger partial charge in [-0.2, -0.15) is 0 Å². The quantitative estimate of drug-likeness (QED) is 0.587. The monoisotopic (exact) mass is 463 g/mol. The van der Waals surface area contributed by atoms with E-state index in [0.717, 1.165) is 22.5 Å². The van der Waals surface area contributed by atoms with Crippen molar-refractivity contribution in [1.82, 2.24) is 10.2 Å². The average molecular weight is 464 g/mol. The molecule has 2 aromatic carbocycles. The highest BCUT2D eigenvalue weighted by Gasteiger charge is 2.30. The fraction of sp³-hybridized carbons (Fsp3) is 0.391. The lowest BCUT2D eigenvalue weighted by Crippen LogP contribution is -2.51. The molecule has 0 aliphatic rings. The molecule has 1 atom stereocenters. The summed E-state index contributed by atoms with van der Waals surface area (Å²) < 4.78 is 40.2. The van der Waals surface area contributed by atoms with Gasteiger partial charge in [0.2, 0.25) is 21.8 Å². The molecular formula is C23H30FN3O4S. The number of rotatable bonds is 10. The van der Waals surface area contributed by atoms with E-state index in [0.29, 0.717) is 12.2 Å². The first-order chi connectivity index (χ1) is 15.1. The van der Waals surface area contributed by atoms with Gasteiger partial charge in [-0.1, -0.05) is 37.3 Å². The molecule has 0 saturated carbocycles. The maximum atomic E-state index is 14.3. The standard InChI is InChI=1S/C23H30FN3O4S/c1-5-18-11-13-20(14-12-18)27(32(4,30)31)16-22(28)26(17(3)23(29)25-6-2)15-19-9-7-8-10-21(19)24/h7-14,17H,5-6,15-16H2,1-4H3,(H,25,29). The van der Waals surface area contributed by atoms with Gasteiger partial charge in [0, 0.05) is 18.7 Å². The zero-order valence-corrected chi connectivity index (χ0v) is 19.7. The van der Waals surface area contributed by atoms with Crippen molar-refractivity contribution in [2.24, 2.45) is 0 Å². The van der Waals surface area contributed by atoms with E-state index in [9.17, 15) is 22.4 Å². The van der Waals surface area contributed by atoms with Crippen LogP contribution in [0.1, 0.15) is 31.9 Å². The summed E-state index contributed by atoms with van der Waals surface area (Å²) in [5, 5.41) is 2.65. The normalized spacial score (nSPS) is 12.2. The van der Waals surface area contributed by atoms with Crippen LogP contribution in [0.15, 0.2) is 48.5 Å². The Labute approximate surface area is 189 Å². The van der Waals surface area contributed by atoms with Gasteiger partial charge in [-0.15, -0.1) is 0 Å². The lowest BCUT2D eigenvalue weighted by Gasteiger charge is -2.31. The number of nitrogens with one attached hydrogen (secondary N) is 1. The highest BCUT2D eigenvalue weighted by atomic mass is 32.2. The second-order valence-electron chi connectivity index (χ2n) is 7.47. The lowest BCUT2D eigenvalue weighted by atomic mass is 10.1. The van der Waals surface area contributed by atoms with Gasteiger partial charge >= 0.3 is 0 Å². The molecule has 1 N–H and O–H groups in total. The second-order valence-corrected chi connectivity index (χ2v) is 9.38. The molecule has 32 heavy (non-hydrogen) atoms. The van der Waals surface area contributed by atoms with Gasteiger partial charge in [0.15, 0.2) is 0 Å². The zero-order chi connectivity index (χ0) is 23.9. The van der Waals surface area contributed by atoms with Crippen LogP contribution < -0.4 is 9.62 Å². The number of hydrogen-bond donors (Lipinski definition) is 1. The van der Waals surface area contributed by atoms with Crippen LogP contribution in [0.5, 0.6) is 0 Å². The van der Waals surface area contributed by atoms with Crippen molar-refractivity contribution in [3.63, 3.8) is 0 Å². The maximum absolute atomic E-state index is 14.3. The van der Waals surface area contributed by atoms with Crippen LogP contribution in [0.25, 0.3) is 0 Å². The van der Waals surface area contributed by atoms with Gasteiger partial charge in [0.25, 0.3) is 0 Å². The maximum Gasteiger partial charge on any atom is 0.244 e. The number of carbonyl (C=O) groups excluding carboxylic acids is 2. The van der Waals surface area contributed by atoms with E-state index in [2.05, 4.69) is 5.32 Å². The summed E-state index contributed by atoms with van der Waals surface area (Å²) in [6, 6.07) is 11.9. The van der Waals surface area contributed by atoms with Crippen molar-refractivity contribution < 1.29 is 22.4 Å². The number of nitrogens with zero attached hydrogens (tertiary/aromatic N) is 2. The van der Waals surface area contributed by atoms with Crippen molar-refractivity contribution in [3.8, 4) is 0 Å². The number of benzene rings is 2. The van der Waals surface area contributed by atoms with Gasteiger partial charge in [-0.25, -0.2) is 12.8 Å². The van der Waals surface area contributed by atoms with E-state index in [1.165, 1.54) is 30.0 Å². The van der Waals surface area contributed by atoms with Gasteiger partial charge in [-0.3, -0.25) is 13.9 Å². The van der Waals surface area contributed by atoms with Crippen LogP contribution in [0, 0.1) is 5.82 Å². The number of halogens is 1. The third kappa shape index (κ3) is 6.53. The highest BCUT2D eigenvalue weighted by Crippen LogP contribution is 2.20. The SMILES string of the molecule is CCNC(=O)C(C)N(Cc1ccccc1F)C(=O)CN(c1ccc(CC)cc1)S(C)(=O)=O. The molecule has 0 bridgehead atoms. The molecule has 2 rings (SSSR count). The minimum Gasteiger partial charge on any atom is -0.355 e. The Morgan fingerprint density at radius 2 is 1.69 bits per heavy atom. The zero-order valence-electron chi connectivity index (χ0n) is 18.8. The molecule has 0 aliphatic heterocycles. The minimum atomic E-state index is -3.79. The van der Waals surface area contributed by atoms with Crippen LogP contribution in [0.4, 0.5) is 10.1 Å². The molecule has 0 spiro atoms. The molecule has 0 aromatic heterocycles. The van der Waals surface area contributed by atoms with Gasteiger partial charge < -0.3 is 10.2 Å². The van der Waals surface area contributed by atoms with E-state index in [-0.39, 0.29) is 12.1 Å². The fourth-order valence-corrected chi connectivity index (χ4v) is 4.08. The molecule has 0 heterocycles. The second kappa shape index (κ2) is 11.1. The summed E-state index contributed by atoms with van der Waals surface area (Å²) in [5.41, 5.74) is 1.60. The fourth-order valence-electron chi connectivity index (χ4n) is 3.23. The number of anilines is 1. The van der Waals surface area contributed by atoms with Gasteiger partial charge in [-0.05, 0) is 44.0 Å². The predicted octanol–water partition coefficient (Wildman–Crippen LogP) is 2.71. The Morgan fingerprint density at radius 1 is 1.06 bits per heavy atom. The predicted molar refractivity (Wildman–Crippen MR) is 123 cm³/mol. The number of aryl methyl sites for hydroxylation is 1. The van der Waals surface area contributed by atoms with Crippen molar-refractivity contribution in [1.29, 1.82) is 0 Å². The molecular weight excluding hydrogens is 433 g/mol. The van der Waals surface area contributed by atoms with E-state index in [4.69, 9.17) is 0 Å². The minimum absolute atomic E-state index is 0.170. The molecule has 0 saturated heterocycles. The number of sulfonamides is 1. The van der Waals surface area contributed by atoms with E-state index in [1.54, 1.807) is 37.3 Å². The summed E-state index contributed by atoms with van der Waals surface area (Å²) in [6.07, 6.45) is 1.81. The number of carbonyl (C=O) groups is 2. The Bertz CT molecular complexity index is 1040. The summed E-state index contributed by atoms with van der Waals surface area (Å²) >= 11 is 0. The molecule has 174 valence electrons. The van der Waals surface area contributed by atoms with Crippen molar-refractivity contribution in [2.45, 2.75) is 39.8 Å². The van der Waals surface area contributed by atoms with E-state index < -0.39 is 40.2 Å². The number of hydrogen-bond acceptors (Lipinski definition) is 4. The van der Waals surface area contributed by atoms with Gasteiger partial charge in [0.05, 0.1) is 11.9 Å². The first kappa shape index (κ1) is 25.3. The van der Waals surface area contributed by atoms with E-state index >= 15 is 0 Å². The highest BCUT2D eigenvalue weighted by molar-refractivity contribution is 7.92.